The van der Waals surface area contributed by atoms with E-state index in [9.17, 15) is 14.7 Å². The first-order valence-electron chi connectivity index (χ1n) is 9.74. The van der Waals surface area contributed by atoms with E-state index in [1.165, 1.54) is 4.57 Å². The Kier molecular flexibility index (Phi) is 5.61. The zero-order valence-electron chi connectivity index (χ0n) is 16.8. The van der Waals surface area contributed by atoms with E-state index >= 15 is 0 Å². The molecule has 8 nitrogen and oxygen atoms in total. The van der Waals surface area contributed by atoms with E-state index in [4.69, 9.17) is 4.74 Å². The Balaban J connectivity index is 1.71. The minimum Gasteiger partial charge on any atom is -0.493 e. The molecule has 0 atom stereocenters. The molecular formula is C23H20N4O4. The van der Waals surface area contributed by atoms with Crippen LogP contribution in [-0.4, -0.2) is 32.7 Å². The average molecular weight is 416 g/mol. The normalized spacial score (nSPS) is 11.3. The highest BCUT2D eigenvalue weighted by Gasteiger charge is 2.19. The number of amides is 1. The van der Waals surface area contributed by atoms with Crippen LogP contribution in [0.4, 0.5) is 5.69 Å². The Bertz CT molecular complexity index is 1270. The van der Waals surface area contributed by atoms with E-state index in [1.54, 1.807) is 43.3 Å². The summed E-state index contributed by atoms with van der Waals surface area (Å²) in [7, 11) is 0. The van der Waals surface area contributed by atoms with E-state index in [1.807, 2.05) is 41.2 Å². The van der Waals surface area contributed by atoms with Crippen LogP contribution in [0.3, 0.4) is 0 Å². The maximum absolute atomic E-state index is 12.8. The third kappa shape index (κ3) is 3.95. The zero-order valence-corrected chi connectivity index (χ0v) is 16.8. The fourth-order valence-electron chi connectivity index (χ4n) is 3.39. The molecule has 2 heterocycles. The van der Waals surface area contributed by atoms with E-state index in [2.05, 4.69) is 10.2 Å². The quantitative estimate of drug-likeness (QED) is 0.366. The van der Waals surface area contributed by atoms with Gasteiger partial charge in [0.1, 0.15) is 6.54 Å². The van der Waals surface area contributed by atoms with Gasteiger partial charge in [0.2, 0.25) is 5.88 Å². The molecule has 0 unspecified atom stereocenters. The van der Waals surface area contributed by atoms with Crippen molar-refractivity contribution in [2.24, 2.45) is 10.2 Å². The summed E-state index contributed by atoms with van der Waals surface area (Å²) in [5, 5.41) is 19.2. The van der Waals surface area contributed by atoms with E-state index in [0.29, 0.717) is 22.2 Å². The summed E-state index contributed by atoms with van der Waals surface area (Å²) in [4.78, 5) is 24.8. The van der Waals surface area contributed by atoms with Gasteiger partial charge in [-0.2, -0.15) is 0 Å². The van der Waals surface area contributed by atoms with E-state index < -0.39 is 11.9 Å². The van der Waals surface area contributed by atoms with E-state index in [0.717, 1.165) is 0 Å². The standard InChI is InChI=1S/C23H20N4O4/c1-2-31-20(28)15-27-19-12-6-3-9-16(19)21(23(27)30)24-25-22(29)17-10-4-5-11-18(17)26-13-7-8-14-26/h3-14,30H,2,15H2,1H3. The number of ether oxygens (including phenoxy) is 1. The molecule has 4 aromatic rings. The number of para-hydroxylation sites is 2. The minimum atomic E-state index is -0.550. The molecule has 0 aliphatic carbocycles. The van der Waals surface area contributed by atoms with Crippen molar-refractivity contribution in [3.63, 3.8) is 0 Å². The first kappa shape index (κ1) is 20.1. The van der Waals surface area contributed by atoms with Gasteiger partial charge in [-0.15, -0.1) is 10.2 Å². The molecule has 2 aromatic heterocycles. The fraction of sp³-hybridized carbons (Fsp3) is 0.130. The smallest absolute Gasteiger partial charge is 0.326 e. The van der Waals surface area contributed by atoms with Gasteiger partial charge in [-0.1, -0.05) is 30.3 Å². The van der Waals surface area contributed by atoms with E-state index in [-0.39, 0.29) is 24.7 Å². The lowest BCUT2D eigenvalue weighted by Crippen LogP contribution is -2.12. The average Bonchev–Trinajstić information content (AvgIpc) is 3.40. The largest absolute Gasteiger partial charge is 0.493 e. The molecule has 0 bridgehead atoms. The molecule has 156 valence electrons. The number of esters is 1. The number of rotatable bonds is 6. The maximum atomic E-state index is 12.8. The van der Waals surface area contributed by atoms with Crippen LogP contribution in [0.15, 0.2) is 83.3 Å². The summed E-state index contributed by atoms with van der Waals surface area (Å²) in [6, 6.07) is 17.8. The van der Waals surface area contributed by atoms with Crippen LogP contribution >= 0.6 is 0 Å². The lowest BCUT2D eigenvalue weighted by atomic mass is 10.1. The second-order valence-electron chi connectivity index (χ2n) is 6.69. The van der Waals surface area contributed by atoms with Crippen molar-refractivity contribution in [2.45, 2.75) is 13.5 Å². The first-order chi connectivity index (χ1) is 15.1. The maximum Gasteiger partial charge on any atom is 0.326 e. The molecule has 0 aliphatic rings. The van der Waals surface area contributed by atoms with Crippen molar-refractivity contribution >= 4 is 28.5 Å². The molecular weight excluding hydrogens is 396 g/mol. The van der Waals surface area contributed by atoms with Gasteiger partial charge < -0.3 is 14.4 Å². The SMILES string of the molecule is CCOC(=O)Cn1c(O)c(N=NC(=O)c2ccccc2-n2cccc2)c2ccccc21. The number of benzene rings is 2. The van der Waals surface area contributed by atoms with Gasteiger partial charge in [-0.3, -0.25) is 14.2 Å². The van der Waals surface area contributed by atoms with Gasteiger partial charge >= 0.3 is 5.97 Å². The predicted octanol–water partition coefficient (Wildman–Crippen LogP) is 4.62. The first-order valence-corrected chi connectivity index (χ1v) is 9.74. The number of aromatic nitrogens is 2. The Morgan fingerprint density at radius 3 is 2.48 bits per heavy atom. The number of aromatic hydroxyl groups is 1. The second-order valence-corrected chi connectivity index (χ2v) is 6.69. The summed E-state index contributed by atoms with van der Waals surface area (Å²) >= 11 is 0. The van der Waals surface area contributed by atoms with Crippen LogP contribution < -0.4 is 0 Å². The Morgan fingerprint density at radius 1 is 1.00 bits per heavy atom. The topological polar surface area (TPSA) is 98.2 Å². The molecule has 0 aliphatic heterocycles. The number of carbonyl (C=O) groups is 2. The van der Waals surface area contributed by atoms with Crippen LogP contribution in [0.1, 0.15) is 17.3 Å². The van der Waals surface area contributed by atoms with Gasteiger partial charge in [-0.05, 0) is 37.3 Å². The molecule has 0 radical (unpaired) electrons. The van der Waals surface area contributed by atoms with Gasteiger partial charge in [0, 0.05) is 17.8 Å². The lowest BCUT2D eigenvalue weighted by Gasteiger charge is -2.07. The molecule has 1 N–H and O–H groups in total. The van der Waals surface area contributed by atoms with Crippen LogP contribution in [0.25, 0.3) is 16.6 Å². The Hall–Kier alpha value is -4.20. The minimum absolute atomic E-state index is 0.117. The van der Waals surface area contributed by atoms with Gasteiger partial charge in [0.25, 0.3) is 5.91 Å². The number of azo groups is 1. The highest BCUT2D eigenvalue weighted by Crippen LogP contribution is 2.39. The highest BCUT2D eigenvalue weighted by atomic mass is 16.5. The highest BCUT2D eigenvalue weighted by molar-refractivity contribution is 5.99. The zero-order chi connectivity index (χ0) is 21.8. The Morgan fingerprint density at radius 2 is 1.71 bits per heavy atom. The van der Waals surface area contributed by atoms with Crippen molar-refractivity contribution in [1.29, 1.82) is 0 Å². The third-order valence-corrected chi connectivity index (χ3v) is 4.77. The van der Waals surface area contributed by atoms with Crippen molar-refractivity contribution < 1.29 is 19.4 Å². The van der Waals surface area contributed by atoms with Crippen LogP contribution in [-0.2, 0) is 16.1 Å². The summed E-state index contributed by atoms with van der Waals surface area (Å²) in [5.41, 5.74) is 1.75. The van der Waals surface area contributed by atoms with Gasteiger partial charge in [-0.25, -0.2) is 0 Å². The molecule has 0 spiro atoms. The van der Waals surface area contributed by atoms with Crippen LogP contribution in [0, 0.1) is 0 Å². The monoisotopic (exact) mass is 416 g/mol. The summed E-state index contributed by atoms with van der Waals surface area (Å²) in [5.74, 6) is -1.30. The van der Waals surface area contributed by atoms with Crippen LogP contribution in [0.5, 0.6) is 5.88 Å². The lowest BCUT2D eigenvalue weighted by molar-refractivity contribution is -0.143. The fourth-order valence-corrected chi connectivity index (χ4v) is 3.39. The van der Waals surface area contributed by atoms with Crippen molar-refractivity contribution in [3.8, 4) is 11.6 Å². The van der Waals surface area contributed by atoms with Gasteiger partial charge in [0.15, 0.2) is 5.69 Å². The predicted molar refractivity (Wildman–Crippen MR) is 115 cm³/mol. The molecule has 31 heavy (non-hydrogen) atoms. The summed E-state index contributed by atoms with van der Waals surface area (Å²) in [6.07, 6.45) is 3.66. The number of hydrogen-bond donors (Lipinski definition) is 1. The number of fused-ring (bicyclic) bond motifs is 1. The van der Waals surface area contributed by atoms with Gasteiger partial charge in [0.05, 0.1) is 23.4 Å². The van der Waals surface area contributed by atoms with Crippen LogP contribution in [0.2, 0.25) is 0 Å². The molecule has 0 saturated heterocycles. The number of hydrogen-bond acceptors (Lipinski definition) is 5. The second kappa shape index (κ2) is 8.66. The molecule has 4 rings (SSSR count). The molecule has 0 fully saturated rings. The summed E-state index contributed by atoms with van der Waals surface area (Å²) in [6.45, 7) is 1.77. The molecule has 2 aromatic carbocycles. The molecule has 1 amide bonds. The number of nitrogens with zero attached hydrogens (tertiary/aromatic N) is 4. The Labute approximate surface area is 178 Å². The summed E-state index contributed by atoms with van der Waals surface area (Å²) < 4.78 is 8.18. The van der Waals surface area contributed by atoms with Crippen molar-refractivity contribution in [1.82, 2.24) is 9.13 Å². The van der Waals surface area contributed by atoms with Crippen molar-refractivity contribution in [2.75, 3.05) is 6.61 Å². The molecule has 0 saturated carbocycles. The number of carbonyl (C=O) groups excluding carboxylic acids is 2. The third-order valence-electron chi connectivity index (χ3n) is 4.77. The van der Waals surface area contributed by atoms with Crippen molar-refractivity contribution in [3.05, 3.63) is 78.6 Å². The molecule has 8 heteroatoms.